The molecule has 1 rings (SSSR count). The lowest BCUT2D eigenvalue weighted by molar-refractivity contribution is -0.221. The van der Waals surface area contributed by atoms with E-state index < -0.39 is 40.4 Å². The lowest BCUT2D eigenvalue weighted by Gasteiger charge is -2.45. The second-order valence-corrected chi connectivity index (χ2v) is 5.85. The van der Waals surface area contributed by atoms with E-state index in [1.165, 1.54) is 21.0 Å². The van der Waals surface area contributed by atoms with Crippen LogP contribution in [0.3, 0.4) is 0 Å². The Morgan fingerprint density at radius 3 is 2.40 bits per heavy atom. The molecule has 0 saturated carbocycles. The fraction of sp³-hybridized carbons (Fsp3) is 0.769. The lowest BCUT2D eigenvalue weighted by atomic mass is 9.76. The highest BCUT2D eigenvalue weighted by atomic mass is 35.5. The molecule has 1 heterocycles. The first-order valence-corrected chi connectivity index (χ1v) is 6.69. The predicted molar refractivity (Wildman–Crippen MR) is 70.1 cm³/mol. The van der Waals surface area contributed by atoms with E-state index in [1.807, 2.05) is 0 Å². The Morgan fingerprint density at radius 1 is 1.50 bits per heavy atom. The largest absolute Gasteiger partial charge is 0.466 e. The van der Waals surface area contributed by atoms with Crippen LogP contribution >= 0.6 is 11.6 Å². The summed E-state index contributed by atoms with van der Waals surface area (Å²) >= 11 is 6.03. The number of hydrogen-bond donors (Lipinski definition) is 0. The predicted octanol–water partition coefficient (Wildman–Crippen LogP) is 1.43. The van der Waals surface area contributed by atoms with Gasteiger partial charge in [-0.3, -0.25) is 4.79 Å². The maximum absolute atomic E-state index is 12.2. The van der Waals surface area contributed by atoms with Crippen molar-refractivity contribution >= 4 is 29.5 Å². The highest BCUT2D eigenvalue weighted by Gasteiger charge is 2.60. The van der Waals surface area contributed by atoms with E-state index in [0.29, 0.717) is 0 Å². The molecule has 20 heavy (non-hydrogen) atoms. The summed E-state index contributed by atoms with van der Waals surface area (Å²) in [5.41, 5.74) is -3.00. The van der Waals surface area contributed by atoms with Crippen molar-refractivity contribution in [1.29, 1.82) is 0 Å². The van der Waals surface area contributed by atoms with Gasteiger partial charge in [-0.05, 0) is 13.8 Å². The molecular weight excluding hydrogens is 288 g/mol. The van der Waals surface area contributed by atoms with E-state index in [9.17, 15) is 14.4 Å². The molecule has 0 aromatic carbocycles. The first-order valence-electron chi connectivity index (χ1n) is 6.25. The van der Waals surface area contributed by atoms with Crippen LogP contribution in [-0.2, 0) is 28.6 Å². The van der Waals surface area contributed by atoms with Crippen LogP contribution in [0.2, 0.25) is 0 Å². The summed E-state index contributed by atoms with van der Waals surface area (Å²) in [6, 6.07) is 0. The minimum atomic E-state index is -1.56. The second-order valence-electron chi connectivity index (χ2n) is 5.19. The molecule has 6 nitrogen and oxygen atoms in total. The van der Waals surface area contributed by atoms with Gasteiger partial charge in [0.1, 0.15) is 0 Å². The third kappa shape index (κ3) is 2.61. The Bertz CT molecular complexity index is 435. The number of halogens is 1. The van der Waals surface area contributed by atoms with Crippen molar-refractivity contribution in [2.45, 2.75) is 50.7 Å². The van der Waals surface area contributed by atoms with Crippen LogP contribution in [-0.4, -0.2) is 41.6 Å². The van der Waals surface area contributed by atoms with E-state index >= 15 is 0 Å². The van der Waals surface area contributed by atoms with Crippen molar-refractivity contribution in [2.24, 2.45) is 5.92 Å². The molecule has 0 aromatic rings. The van der Waals surface area contributed by atoms with E-state index in [4.69, 9.17) is 25.8 Å². The van der Waals surface area contributed by atoms with Crippen LogP contribution in [0.15, 0.2) is 0 Å². The van der Waals surface area contributed by atoms with Crippen molar-refractivity contribution in [3.63, 3.8) is 0 Å². The van der Waals surface area contributed by atoms with Crippen LogP contribution < -0.4 is 0 Å². The van der Waals surface area contributed by atoms with Gasteiger partial charge < -0.3 is 14.2 Å². The Kier molecular flexibility index (Phi) is 4.69. The first kappa shape index (κ1) is 16.8. The monoisotopic (exact) mass is 306 g/mol. The molecule has 0 spiro atoms. The van der Waals surface area contributed by atoms with Crippen LogP contribution in [0.1, 0.15) is 34.1 Å². The summed E-state index contributed by atoms with van der Waals surface area (Å²) in [6.45, 7) is 5.91. The molecule has 4 unspecified atom stereocenters. The van der Waals surface area contributed by atoms with E-state index in [2.05, 4.69) is 0 Å². The van der Waals surface area contributed by atoms with E-state index in [0.717, 1.165) is 0 Å². The highest BCUT2D eigenvalue weighted by Crippen LogP contribution is 2.42. The number of cyclic esters (lactones) is 1. The van der Waals surface area contributed by atoms with Gasteiger partial charge in [-0.2, -0.15) is 0 Å². The standard InChI is InChI=1S/C13H19ClO6/c1-7-6-13(8(2)14,11(17)18-5)20-10(16)12(7,4)19-9(3)15/h7-8H,6H2,1-5H3. The number of esters is 3. The minimum absolute atomic E-state index is 0.111. The van der Waals surface area contributed by atoms with Gasteiger partial charge in [0.2, 0.25) is 11.2 Å². The fourth-order valence-corrected chi connectivity index (χ4v) is 2.53. The number of rotatable bonds is 3. The zero-order valence-electron chi connectivity index (χ0n) is 12.2. The maximum Gasteiger partial charge on any atom is 0.351 e. The molecule has 0 N–H and O–H groups in total. The average Bonchev–Trinajstić information content (AvgIpc) is 2.33. The van der Waals surface area contributed by atoms with Gasteiger partial charge in [0.25, 0.3) is 0 Å². The molecule has 1 fully saturated rings. The summed E-state index contributed by atoms with van der Waals surface area (Å²) in [7, 11) is 1.20. The van der Waals surface area contributed by atoms with Crippen molar-refractivity contribution in [2.75, 3.05) is 7.11 Å². The quantitative estimate of drug-likeness (QED) is 0.446. The number of carbonyl (C=O) groups excluding carboxylic acids is 3. The second kappa shape index (κ2) is 5.60. The molecule has 0 bridgehead atoms. The minimum Gasteiger partial charge on any atom is -0.466 e. The smallest absolute Gasteiger partial charge is 0.351 e. The van der Waals surface area contributed by atoms with Gasteiger partial charge in [-0.1, -0.05) is 6.92 Å². The molecular formula is C13H19ClO6. The number of carbonyl (C=O) groups is 3. The average molecular weight is 307 g/mol. The van der Waals surface area contributed by atoms with E-state index in [-0.39, 0.29) is 6.42 Å². The first-order chi connectivity index (χ1) is 9.10. The lowest BCUT2D eigenvalue weighted by Crippen LogP contribution is -2.63. The molecule has 1 aliphatic rings. The third-order valence-electron chi connectivity index (χ3n) is 3.76. The van der Waals surface area contributed by atoms with Crippen molar-refractivity contribution in [3.05, 3.63) is 0 Å². The van der Waals surface area contributed by atoms with Gasteiger partial charge in [0.05, 0.1) is 12.5 Å². The molecule has 0 radical (unpaired) electrons. The molecule has 0 aliphatic carbocycles. The third-order valence-corrected chi connectivity index (χ3v) is 4.11. The zero-order chi connectivity index (χ0) is 15.7. The topological polar surface area (TPSA) is 78.9 Å². The van der Waals surface area contributed by atoms with Crippen molar-refractivity contribution in [3.8, 4) is 0 Å². The van der Waals surface area contributed by atoms with Gasteiger partial charge in [-0.25, -0.2) is 9.59 Å². The Morgan fingerprint density at radius 2 is 2.05 bits per heavy atom. The van der Waals surface area contributed by atoms with Gasteiger partial charge >= 0.3 is 17.9 Å². The molecule has 1 saturated heterocycles. The number of ether oxygens (including phenoxy) is 3. The van der Waals surface area contributed by atoms with Crippen LogP contribution in [0, 0.1) is 5.92 Å². The molecule has 0 amide bonds. The Hall–Kier alpha value is -1.30. The molecule has 7 heteroatoms. The molecule has 0 aromatic heterocycles. The molecule has 114 valence electrons. The summed E-state index contributed by atoms with van der Waals surface area (Å²) < 4.78 is 15.0. The fourth-order valence-electron chi connectivity index (χ4n) is 2.30. The summed E-state index contributed by atoms with van der Waals surface area (Å²) in [5, 5.41) is -0.775. The number of methoxy groups -OCH3 is 1. The van der Waals surface area contributed by atoms with Crippen LogP contribution in [0.4, 0.5) is 0 Å². The van der Waals surface area contributed by atoms with Gasteiger partial charge in [-0.15, -0.1) is 11.6 Å². The number of hydrogen-bond acceptors (Lipinski definition) is 6. The summed E-state index contributed by atoms with van der Waals surface area (Å²) in [5.74, 6) is -2.57. The Labute approximate surface area is 122 Å². The maximum atomic E-state index is 12.2. The molecule has 4 atom stereocenters. The van der Waals surface area contributed by atoms with Gasteiger partial charge in [0, 0.05) is 19.3 Å². The van der Waals surface area contributed by atoms with Crippen molar-refractivity contribution < 1.29 is 28.6 Å². The SMILES string of the molecule is COC(=O)C1(C(C)Cl)CC(C)C(C)(OC(C)=O)C(=O)O1. The number of alkyl halides is 1. The molecule has 1 aliphatic heterocycles. The highest BCUT2D eigenvalue weighted by molar-refractivity contribution is 6.23. The van der Waals surface area contributed by atoms with Crippen LogP contribution in [0.25, 0.3) is 0 Å². The van der Waals surface area contributed by atoms with Crippen molar-refractivity contribution in [1.82, 2.24) is 0 Å². The summed E-state index contributed by atoms with van der Waals surface area (Å²) in [4.78, 5) is 35.3. The Balaban J connectivity index is 3.16. The van der Waals surface area contributed by atoms with Gasteiger partial charge in [0.15, 0.2) is 0 Å². The zero-order valence-corrected chi connectivity index (χ0v) is 12.9. The van der Waals surface area contributed by atoms with E-state index in [1.54, 1.807) is 13.8 Å². The summed E-state index contributed by atoms with van der Waals surface area (Å²) in [6.07, 6.45) is 0.111. The normalized spacial score (nSPS) is 34.9. The van der Waals surface area contributed by atoms with Crippen LogP contribution in [0.5, 0.6) is 0 Å².